The van der Waals surface area contributed by atoms with Crippen molar-refractivity contribution >= 4 is 6.29 Å². The molecule has 1 aromatic carbocycles. The number of hydrogen-bond donors (Lipinski definition) is 1. The van der Waals surface area contributed by atoms with Crippen molar-refractivity contribution in [3.05, 3.63) is 35.3 Å². The first kappa shape index (κ1) is 13.3. The minimum absolute atomic E-state index is 0.338. The van der Waals surface area contributed by atoms with E-state index >= 15 is 0 Å². The van der Waals surface area contributed by atoms with Crippen LogP contribution < -0.4 is 4.74 Å². The maximum absolute atomic E-state index is 10.8. The molecule has 0 bridgehead atoms. The third-order valence-electron chi connectivity index (χ3n) is 3.16. The SMILES string of the molecule is COc1ccc(C(C)C)cc1-c1nc(C=O)[nH]c1C. The van der Waals surface area contributed by atoms with Gasteiger partial charge in [-0.1, -0.05) is 19.9 Å². The Hall–Kier alpha value is -2.10. The molecule has 0 aliphatic heterocycles. The molecule has 4 nitrogen and oxygen atoms in total. The topological polar surface area (TPSA) is 55.0 Å². The quantitative estimate of drug-likeness (QED) is 0.856. The number of aromatic amines is 1. The molecule has 0 amide bonds. The number of H-pyrrole nitrogens is 1. The molecule has 0 atom stereocenters. The number of aryl methyl sites for hydroxylation is 1. The Morgan fingerprint density at radius 1 is 1.37 bits per heavy atom. The summed E-state index contributed by atoms with van der Waals surface area (Å²) in [5.41, 5.74) is 3.75. The molecular formula is C15H18N2O2. The smallest absolute Gasteiger partial charge is 0.185 e. The monoisotopic (exact) mass is 258 g/mol. The van der Waals surface area contributed by atoms with Gasteiger partial charge in [-0.3, -0.25) is 4.79 Å². The number of imidazole rings is 1. The number of benzene rings is 1. The zero-order valence-electron chi connectivity index (χ0n) is 11.7. The van der Waals surface area contributed by atoms with E-state index in [-0.39, 0.29) is 0 Å². The van der Waals surface area contributed by atoms with Crippen LogP contribution in [0.2, 0.25) is 0 Å². The fraction of sp³-hybridized carbons (Fsp3) is 0.333. The second-order valence-electron chi connectivity index (χ2n) is 4.83. The predicted molar refractivity (Wildman–Crippen MR) is 74.8 cm³/mol. The van der Waals surface area contributed by atoms with E-state index in [0.29, 0.717) is 11.7 Å². The molecule has 0 fully saturated rings. The fourth-order valence-electron chi connectivity index (χ4n) is 2.07. The summed E-state index contributed by atoms with van der Waals surface area (Å²) in [7, 11) is 1.64. The Morgan fingerprint density at radius 3 is 2.63 bits per heavy atom. The number of methoxy groups -OCH3 is 1. The van der Waals surface area contributed by atoms with Crippen molar-refractivity contribution in [1.29, 1.82) is 0 Å². The number of aldehydes is 1. The summed E-state index contributed by atoms with van der Waals surface area (Å²) in [6.07, 6.45) is 0.718. The molecule has 1 N–H and O–H groups in total. The largest absolute Gasteiger partial charge is 0.496 e. The van der Waals surface area contributed by atoms with Gasteiger partial charge in [0.15, 0.2) is 12.1 Å². The summed E-state index contributed by atoms with van der Waals surface area (Å²) in [5.74, 6) is 1.52. The highest BCUT2D eigenvalue weighted by Crippen LogP contribution is 2.33. The van der Waals surface area contributed by atoms with Gasteiger partial charge in [0, 0.05) is 11.3 Å². The lowest BCUT2D eigenvalue weighted by atomic mass is 9.98. The van der Waals surface area contributed by atoms with Crippen molar-refractivity contribution in [2.45, 2.75) is 26.7 Å². The summed E-state index contributed by atoms with van der Waals surface area (Å²) in [6.45, 7) is 6.18. The molecule has 0 saturated heterocycles. The number of nitrogens with one attached hydrogen (secondary N) is 1. The van der Waals surface area contributed by atoms with E-state index < -0.39 is 0 Å². The van der Waals surface area contributed by atoms with Crippen molar-refractivity contribution in [1.82, 2.24) is 9.97 Å². The van der Waals surface area contributed by atoms with Crippen LogP contribution in [0.15, 0.2) is 18.2 Å². The Kier molecular flexibility index (Phi) is 3.69. The molecule has 0 spiro atoms. The molecule has 2 aromatic rings. The fourth-order valence-corrected chi connectivity index (χ4v) is 2.07. The predicted octanol–water partition coefficient (Wildman–Crippen LogP) is 3.33. The molecule has 0 aliphatic rings. The summed E-state index contributed by atoms with van der Waals surface area (Å²) in [5, 5.41) is 0. The highest BCUT2D eigenvalue weighted by molar-refractivity contribution is 5.76. The molecule has 1 aromatic heterocycles. The van der Waals surface area contributed by atoms with Gasteiger partial charge in [0.1, 0.15) is 5.75 Å². The number of rotatable bonds is 4. The summed E-state index contributed by atoms with van der Waals surface area (Å²) in [4.78, 5) is 18.1. The van der Waals surface area contributed by atoms with Crippen LogP contribution in [0.5, 0.6) is 5.75 Å². The van der Waals surface area contributed by atoms with Gasteiger partial charge in [-0.2, -0.15) is 0 Å². The van der Waals surface area contributed by atoms with Crippen LogP contribution in [-0.4, -0.2) is 23.4 Å². The molecule has 0 saturated carbocycles. The number of carbonyl (C=O) groups is 1. The van der Waals surface area contributed by atoms with E-state index in [0.717, 1.165) is 29.0 Å². The van der Waals surface area contributed by atoms with Crippen LogP contribution in [-0.2, 0) is 0 Å². The van der Waals surface area contributed by atoms with Crippen LogP contribution in [0, 0.1) is 6.92 Å². The molecule has 4 heteroatoms. The van der Waals surface area contributed by atoms with Gasteiger partial charge < -0.3 is 9.72 Å². The van der Waals surface area contributed by atoms with Crippen LogP contribution in [0.4, 0.5) is 0 Å². The van der Waals surface area contributed by atoms with Gasteiger partial charge in [0.2, 0.25) is 0 Å². The third-order valence-corrected chi connectivity index (χ3v) is 3.16. The second kappa shape index (κ2) is 5.26. The van der Waals surface area contributed by atoms with Gasteiger partial charge >= 0.3 is 0 Å². The lowest BCUT2D eigenvalue weighted by Crippen LogP contribution is -1.94. The number of nitrogens with zero attached hydrogens (tertiary/aromatic N) is 1. The normalized spacial score (nSPS) is 10.8. The van der Waals surface area contributed by atoms with Gasteiger partial charge in [0.05, 0.1) is 12.8 Å². The van der Waals surface area contributed by atoms with Crippen LogP contribution in [0.3, 0.4) is 0 Å². The number of aromatic nitrogens is 2. The Bertz CT molecular complexity index is 600. The Morgan fingerprint density at radius 2 is 2.11 bits per heavy atom. The van der Waals surface area contributed by atoms with E-state index in [1.165, 1.54) is 5.56 Å². The molecular weight excluding hydrogens is 240 g/mol. The third kappa shape index (κ3) is 2.52. The summed E-state index contributed by atoms with van der Waals surface area (Å²) >= 11 is 0. The maximum Gasteiger partial charge on any atom is 0.185 e. The summed E-state index contributed by atoms with van der Waals surface area (Å²) < 4.78 is 5.39. The van der Waals surface area contributed by atoms with E-state index in [1.807, 2.05) is 13.0 Å². The number of carbonyl (C=O) groups excluding carboxylic acids is 1. The molecule has 0 unspecified atom stereocenters. The zero-order valence-corrected chi connectivity index (χ0v) is 11.7. The zero-order chi connectivity index (χ0) is 14.0. The van der Waals surface area contributed by atoms with Crippen molar-refractivity contribution < 1.29 is 9.53 Å². The van der Waals surface area contributed by atoms with Gasteiger partial charge in [-0.25, -0.2) is 4.98 Å². The lowest BCUT2D eigenvalue weighted by Gasteiger charge is -2.12. The minimum Gasteiger partial charge on any atom is -0.496 e. The molecule has 0 radical (unpaired) electrons. The Balaban J connectivity index is 2.60. The van der Waals surface area contributed by atoms with E-state index in [2.05, 4.69) is 35.9 Å². The van der Waals surface area contributed by atoms with Gasteiger partial charge in [-0.15, -0.1) is 0 Å². The van der Waals surface area contributed by atoms with Crippen LogP contribution >= 0.6 is 0 Å². The minimum atomic E-state index is 0.338. The number of hydrogen-bond acceptors (Lipinski definition) is 3. The first-order chi connectivity index (χ1) is 9.06. The first-order valence-electron chi connectivity index (χ1n) is 6.27. The van der Waals surface area contributed by atoms with E-state index in [9.17, 15) is 4.79 Å². The average Bonchev–Trinajstić information content (AvgIpc) is 2.79. The standard InChI is InChI=1S/C15H18N2O2/c1-9(2)11-5-6-13(19-4)12(7-11)15-10(3)16-14(8-18)17-15/h5-9H,1-4H3,(H,16,17). The molecule has 100 valence electrons. The van der Waals surface area contributed by atoms with Crippen molar-refractivity contribution in [2.24, 2.45) is 0 Å². The van der Waals surface area contributed by atoms with Gasteiger partial charge in [-0.05, 0) is 30.5 Å². The first-order valence-corrected chi connectivity index (χ1v) is 6.27. The summed E-state index contributed by atoms with van der Waals surface area (Å²) in [6, 6.07) is 6.07. The Labute approximate surface area is 112 Å². The van der Waals surface area contributed by atoms with E-state index in [1.54, 1.807) is 7.11 Å². The van der Waals surface area contributed by atoms with Gasteiger partial charge in [0.25, 0.3) is 0 Å². The van der Waals surface area contributed by atoms with Crippen molar-refractivity contribution in [3.8, 4) is 17.0 Å². The van der Waals surface area contributed by atoms with Crippen molar-refractivity contribution in [2.75, 3.05) is 7.11 Å². The molecule has 19 heavy (non-hydrogen) atoms. The molecule has 2 rings (SSSR count). The lowest BCUT2D eigenvalue weighted by molar-refractivity contribution is 0.111. The van der Waals surface area contributed by atoms with E-state index in [4.69, 9.17) is 4.74 Å². The maximum atomic E-state index is 10.8. The number of ether oxygens (including phenoxy) is 1. The van der Waals surface area contributed by atoms with Crippen LogP contribution in [0.25, 0.3) is 11.3 Å². The highest BCUT2D eigenvalue weighted by Gasteiger charge is 2.14. The second-order valence-corrected chi connectivity index (χ2v) is 4.83. The van der Waals surface area contributed by atoms with Crippen LogP contribution in [0.1, 0.15) is 41.6 Å². The molecule has 1 heterocycles. The average molecular weight is 258 g/mol. The van der Waals surface area contributed by atoms with Crippen molar-refractivity contribution in [3.63, 3.8) is 0 Å². The highest BCUT2D eigenvalue weighted by atomic mass is 16.5. The molecule has 0 aliphatic carbocycles.